The number of ether oxygens (including phenoxy) is 1. The molecule has 5 nitrogen and oxygen atoms in total. The first-order valence-electron chi connectivity index (χ1n) is 20.1. The highest BCUT2D eigenvalue weighted by Gasteiger charge is 2.06. The van der Waals surface area contributed by atoms with Crippen molar-refractivity contribution in [3.8, 4) is 0 Å². The van der Waals surface area contributed by atoms with Gasteiger partial charge in [0.05, 0.1) is 6.10 Å². The predicted molar refractivity (Wildman–Crippen MR) is 228 cm³/mol. The number of amides is 1. The molecule has 0 saturated carbocycles. The van der Waals surface area contributed by atoms with E-state index in [1.165, 1.54) is 86.5 Å². The molecule has 1 amide bonds. The molecule has 0 aliphatic carbocycles. The number of rotatable bonds is 19. The van der Waals surface area contributed by atoms with Crippen LogP contribution in [0.25, 0.3) is 0 Å². The van der Waals surface area contributed by atoms with Crippen molar-refractivity contribution in [1.29, 1.82) is 0 Å². The lowest BCUT2D eigenvalue weighted by atomic mass is 10.0. The summed E-state index contributed by atoms with van der Waals surface area (Å²) in [5.41, 5.74) is 12.5. The van der Waals surface area contributed by atoms with Crippen molar-refractivity contribution in [1.82, 2.24) is 0 Å². The van der Waals surface area contributed by atoms with E-state index in [2.05, 4.69) is 81.2 Å². The molecule has 0 atom stereocenters. The fourth-order valence-corrected chi connectivity index (χ4v) is 5.05. The first-order valence-corrected chi connectivity index (χ1v) is 20.1. The highest BCUT2D eigenvalue weighted by atomic mass is 16.5. The Kier molecular flexibility index (Phi) is 33.3. The average Bonchev–Trinajstić information content (AvgIpc) is 3.10. The maximum absolute atomic E-state index is 11.4. The van der Waals surface area contributed by atoms with Crippen molar-refractivity contribution in [3.05, 3.63) is 106 Å². The Labute approximate surface area is 320 Å². The zero-order chi connectivity index (χ0) is 39.6. The molecular formula is C47H76N2O3. The van der Waals surface area contributed by atoms with Gasteiger partial charge >= 0.3 is 0 Å². The van der Waals surface area contributed by atoms with E-state index < -0.39 is 0 Å². The summed E-state index contributed by atoms with van der Waals surface area (Å²) in [4.78, 5) is 25.3. The molecule has 0 radical (unpaired) electrons. The van der Waals surface area contributed by atoms with E-state index >= 15 is 0 Å². The Morgan fingerprint density at radius 3 is 1.62 bits per heavy atom. The molecule has 5 heteroatoms. The molecule has 0 fully saturated rings. The Balaban J connectivity index is 0. The van der Waals surface area contributed by atoms with Gasteiger partial charge in [-0.1, -0.05) is 134 Å². The number of carbonyl (C=O) groups is 2. The number of Topliss-reactive ketones (excluding diaryl/α,β-unsaturated/α-hetero) is 1. The average molecular weight is 717 g/mol. The van der Waals surface area contributed by atoms with Crippen LogP contribution in [0.4, 0.5) is 0 Å². The van der Waals surface area contributed by atoms with E-state index in [4.69, 9.17) is 10.5 Å². The molecule has 0 aromatic heterocycles. The van der Waals surface area contributed by atoms with Crippen molar-refractivity contribution in [3.63, 3.8) is 0 Å². The third-order valence-corrected chi connectivity index (χ3v) is 7.99. The van der Waals surface area contributed by atoms with Gasteiger partial charge in [-0.25, -0.2) is 0 Å². The lowest BCUT2D eigenvalue weighted by Crippen LogP contribution is -2.16. The summed E-state index contributed by atoms with van der Waals surface area (Å²) in [6.45, 7) is 22.1. The molecule has 0 spiro atoms. The maximum atomic E-state index is 11.4. The first kappa shape index (κ1) is 50.4. The Morgan fingerprint density at radius 1 is 0.769 bits per heavy atom. The molecule has 0 bridgehead atoms. The van der Waals surface area contributed by atoms with Crippen molar-refractivity contribution in [2.75, 3.05) is 0 Å². The van der Waals surface area contributed by atoms with Crippen molar-refractivity contribution in [2.45, 2.75) is 172 Å². The van der Waals surface area contributed by atoms with Gasteiger partial charge in [0.15, 0.2) is 0 Å². The number of amidine groups is 1. The summed E-state index contributed by atoms with van der Waals surface area (Å²) >= 11 is 0. The number of nitrogens with zero attached hydrogens (tertiary/aromatic N) is 1. The molecule has 2 rings (SSSR count). The van der Waals surface area contributed by atoms with Crippen LogP contribution >= 0.6 is 0 Å². The smallest absolute Gasteiger partial charge is 0.247 e. The van der Waals surface area contributed by atoms with Crippen LogP contribution in [0.2, 0.25) is 0 Å². The Morgan fingerprint density at radius 2 is 1.27 bits per heavy atom. The zero-order valence-electron chi connectivity index (χ0n) is 35.2. The fraction of sp³-hybridized carbons (Fsp3) is 0.553. The van der Waals surface area contributed by atoms with Crippen LogP contribution in [0.3, 0.4) is 0 Å². The molecule has 2 N–H and O–H groups in total. The number of benzene rings is 2. The number of nitrogens with two attached hydrogens (primary N) is 1. The molecule has 0 aliphatic rings. The first-order chi connectivity index (χ1) is 24.9. The molecule has 292 valence electrons. The van der Waals surface area contributed by atoms with Gasteiger partial charge in [-0.3, -0.25) is 4.79 Å². The number of hydrogen-bond acceptors (Lipinski definition) is 3. The van der Waals surface area contributed by atoms with Crippen molar-refractivity contribution >= 4 is 17.5 Å². The van der Waals surface area contributed by atoms with Crippen molar-refractivity contribution < 1.29 is 14.3 Å². The Hall–Kier alpha value is -3.73. The van der Waals surface area contributed by atoms with Crippen LogP contribution < -0.4 is 5.73 Å². The molecule has 52 heavy (non-hydrogen) atoms. The van der Waals surface area contributed by atoms with Gasteiger partial charge in [-0.2, -0.15) is 4.99 Å². The molecule has 2 aromatic rings. The summed E-state index contributed by atoms with van der Waals surface area (Å²) in [6.07, 6.45) is 23.8. The minimum Gasteiger partial charge on any atom is -0.491 e. The monoisotopic (exact) mass is 717 g/mol. The number of aryl methyl sites for hydroxylation is 4. The van der Waals surface area contributed by atoms with E-state index in [9.17, 15) is 9.59 Å². The van der Waals surface area contributed by atoms with Crippen molar-refractivity contribution in [2.24, 2.45) is 10.7 Å². The topological polar surface area (TPSA) is 81.8 Å². The molecule has 0 aliphatic heterocycles. The summed E-state index contributed by atoms with van der Waals surface area (Å²) in [7, 11) is 0. The maximum Gasteiger partial charge on any atom is 0.247 e. The lowest BCUT2D eigenvalue weighted by molar-refractivity contribution is -0.118. The van der Waals surface area contributed by atoms with E-state index in [1.54, 1.807) is 13.8 Å². The van der Waals surface area contributed by atoms with E-state index in [1.807, 2.05) is 58.9 Å². The molecule has 2 aromatic carbocycles. The minimum atomic E-state index is -0.233. The van der Waals surface area contributed by atoms with Gasteiger partial charge in [0.1, 0.15) is 17.4 Å². The van der Waals surface area contributed by atoms with Gasteiger partial charge in [-0.15, -0.1) is 0 Å². The highest BCUT2D eigenvalue weighted by molar-refractivity contribution is 6.05. The number of unbranched alkanes of at least 4 members (excludes halogenated alkanes) is 6. The standard InChI is InChI=1S/C16H26N2O2.2C13H20.C5H10O/c1-6-9-13(16(17)18-15(19)8-3)11-14(10-7-2)20-12(4)5;2*1-3-4-5-6-10-13-11-8-7-9-12(13)2;1-3-4-5(2)6/h6,9-12H,7-8H2,1-5H3,(H2,17,18,19);2*7-9,11H,3-6,10H2,1-2H3;3-4H2,1-2H3/b9-6-,13-11+,14-10-;;;. The second-order valence-electron chi connectivity index (χ2n) is 13.5. The predicted octanol–water partition coefficient (Wildman–Crippen LogP) is 13.1. The number of ketones is 1. The van der Waals surface area contributed by atoms with E-state index in [-0.39, 0.29) is 23.6 Å². The van der Waals surface area contributed by atoms with Crippen LogP contribution in [0.5, 0.6) is 0 Å². The lowest BCUT2D eigenvalue weighted by Gasteiger charge is -2.12. The van der Waals surface area contributed by atoms with Crippen LogP contribution in [-0.2, 0) is 27.2 Å². The minimum absolute atomic E-state index is 0.0753. The summed E-state index contributed by atoms with van der Waals surface area (Å²) in [5.74, 6) is 1.00. The summed E-state index contributed by atoms with van der Waals surface area (Å²) < 4.78 is 5.70. The van der Waals surface area contributed by atoms with Gasteiger partial charge in [0, 0.05) is 18.4 Å². The summed E-state index contributed by atoms with van der Waals surface area (Å²) in [6, 6.07) is 17.4. The van der Waals surface area contributed by atoms with Crippen LogP contribution in [0.1, 0.15) is 162 Å². The number of aliphatic imine (C=N–C) groups is 1. The Bertz CT molecular complexity index is 1280. The molecule has 0 saturated heterocycles. The zero-order valence-corrected chi connectivity index (χ0v) is 35.2. The van der Waals surface area contributed by atoms with E-state index in [0.717, 1.165) is 25.0 Å². The van der Waals surface area contributed by atoms with Gasteiger partial charge in [0.25, 0.3) is 0 Å². The van der Waals surface area contributed by atoms with Gasteiger partial charge < -0.3 is 15.3 Å². The summed E-state index contributed by atoms with van der Waals surface area (Å²) in [5, 5.41) is 0. The number of hydrogen-bond donors (Lipinski definition) is 1. The third kappa shape index (κ3) is 28.9. The second kappa shape index (κ2) is 34.4. The fourth-order valence-electron chi connectivity index (χ4n) is 5.05. The highest BCUT2D eigenvalue weighted by Crippen LogP contribution is 2.14. The molecule has 0 unspecified atom stereocenters. The third-order valence-electron chi connectivity index (χ3n) is 7.99. The largest absolute Gasteiger partial charge is 0.491 e. The number of allylic oxidation sites excluding steroid dienone is 3. The van der Waals surface area contributed by atoms with E-state index in [0.29, 0.717) is 12.0 Å². The SMILES string of the molecule is CCCC(C)=O.CCCCCCc1ccccc1C.CCCCCCc1ccccc1C.C\C=C/C(=C\C(=C\CC)OC(C)C)C(N)=NC(=O)CC. The quantitative estimate of drug-likeness (QED) is 0.0516. The van der Waals surface area contributed by atoms with Crippen LogP contribution in [-0.4, -0.2) is 23.6 Å². The van der Waals surface area contributed by atoms with Gasteiger partial charge in [0.2, 0.25) is 5.91 Å². The van der Waals surface area contributed by atoms with Crippen LogP contribution in [0, 0.1) is 13.8 Å². The second-order valence-corrected chi connectivity index (χ2v) is 13.5. The number of carbonyl (C=O) groups excluding carboxylic acids is 2. The van der Waals surface area contributed by atoms with Crippen LogP contribution in [0.15, 0.2) is 89.2 Å². The normalized spacial score (nSPS) is 11.6. The molecular weight excluding hydrogens is 641 g/mol. The van der Waals surface area contributed by atoms with Gasteiger partial charge in [-0.05, 0) is 114 Å². The molecule has 0 heterocycles.